The van der Waals surface area contributed by atoms with Crippen molar-refractivity contribution in [2.24, 2.45) is 11.3 Å². The summed E-state index contributed by atoms with van der Waals surface area (Å²) in [5.74, 6) is 0.866. The minimum atomic E-state index is 0.589. The molecule has 1 aliphatic carbocycles. The van der Waals surface area contributed by atoms with Gasteiger partial charge in [-0.1, -0.05) is 26.7 Å². The summed E-state index contributed by atoms with van der Waals surface area (Å²) >= 11 is 0. The van der Waals surface area contributed by atoms with E-state index in [0.29, 0.717) is 11.5 Å². The molecule has 1 saturated carbocycles. The topological polar surface area (TPSA) is 15.3 Å². The van der Waals surface area contributed by atoms with Crippen molar-refractivity contribution in [2.45, 2.75) is 71.8 Å². The Balaban J connectivity index is 1.74. The number of piperidine rings is 1. The Morgan fingerprint density at radius 1 is 1.26 bits per heavy atom. The summed E-state index contributed by atoms with van der Waals surface area (Å²) in [6.07, 6.45) is 9.87. The third-order valence-corrected chi connectivity index (χ3v) is 5.45. The maximum Gasteiger partial charge on any atom is 0.00794 e. The molecule has 2 atom stereocenters. The fraction of sp³-hybridized carbons (Fsp3) is 1.00. The first-order valence-electron chi connectivity index (χ1n) is 8.59. The molecule has 1 heterocycles. The second-order valence-corrected chi connectivity index (χ2v) is 7.39. The zero-order chi connectivity index (χ0) is 13.7. The Morgan fingerprint density at radius 3 is 2.68 bits per heavy atom. The zero-order valence-corrected chi connectivity index (χ0v) is 13.4. The van der Waals surface area contributed by atoms with Gasteiger partial charge < -0.3 is 10.2 Å². The van der Waals surface area contributed by atoms with Crippen LogP contribution in [0.15, 0.2) is 0 Å². The molecule has 2 aliphatic rings. The molecule has 2 heteroatoms. The lowest BCUT2D eigenvalue weighted by molar-refractivity contribution is 0.145. The van der Waals surface area contributed by atoms with Gasteiger partial charge in [0.25, 0.3) is 0 Å². The molecule has 1 N–H and O–H groups in total. The van der Waals surface area contributed by atoms with Gasteiger partial charge in [-0.05, 0) is 63.5 Å². The summed E-state index contributed by atoms with van der Waals surface area (Å²) in [7, 11) is 0. The van der Waals surface area contributed by atoms with E-state index in [1.807, 2.05) is 0 Å². The van der Waals surface area contributed by atoms with Gasteiger partial charge in [-0.15, -0.1) is 0 Å². The van der Waals surface area contributed by atoms with Crippen molar-refractivity contribution in [1.29, 1.82) is 0 Å². The normalized spacial score (nSPS) is 29.5. The first-order chi connectivity index (χ1) is 9.13. The standard InChI is InChI=1S/C17H34N2/c1-4-11-19-12-7-8-16(13-19)15(2)18-14-17(3)9-5-6-10-17/h15-16,18H,4-14H2,1-3H3. The fourth-order valence-electron chi connectivity index (χ4n) is 4.00. The first kappa shape index (κ1) is 15.3. The van der Waals surface area contributed by atoms with Crippen molar-refractivity contribution in [3.05, 3.63) is 0 Å². The molecule has 2 rings (SSSR count). The second-order valence-electron chi connectivity index (χ2n) is 7.39. The van der Waals surface area contributed by atoms with Gasteiger partial charge in [0.15, 0.2) is 0 Å². The van der Waals surface area contributed by atoms with E-state index in [2.05, 4.69) is 31.0 Å². The molecule has 0 aromatic heterocycles. The number of likely N-dealkylation sites (tertiary alicyclic amines) is 1. The van der Waals surface area contributed by atoms with Crippen molar-refractivity contribution in [1.82, 2.24) is 10.2 Å². The van der Waals surface area contributed by atoms with Gasteiger partial charge in [0.1, 0.15) is 0 Å². The smallest absolute Gasteiger partial charge is 0.00794 e. The van der Waals surface area contributed by atoms with Gasteiger partial charge in [-0.2, -0.15) is 0 Å². The predicted molar refractivity (Wildman–Crippen MR) is 83.5 cm³/mol. The Hall–Kier alpha value is -0.0800. The molecule has 0 amide bonds. The van der Waals surface area contributed by atoms with E-state index < -0.39 is 0 Å². The van der Waals surface area contributed by atoms with Crippen LogP contribution in [0.2, 0.25) is 0 Å². The Kier molecular flexibility index (Phi) is 5.70. The summed E-state index contributed by atoms with van der Waals surface area (Å²) in [6, 6.07) is 0.692. The molecular formula is C17H34N2. The lowest BCUT2D eigenvalue weighted by atomic mass is 9.87. The van der Waals surface area contributed by atoms with Crippen LogP contribution in [0.25, 0.3) is 0 Å². The highest BCUT2D eigenvalue weighted by Gasteiger charge is 2.30. The van der Waals surface area contributed by atoms with Crippen LogP contribution in [0.4, 0.5) is 0 Å². The van der Waals surface area contributed by atoms with Crippen molar-refractivity contribution in [3.63, 3.8) is 0 Å². The van der Waals surface area contributed by atoms with E-state index >= 15 is 0 Å². The first-order valence-corrected chi connectivity index (χ1v) is 8.59. The van der Waals surface area contributed by atoms with Crippen LogP contribution < -0.4 is 5.32 Å². The SMILES string of the molecule is CCCN1CCCC(C(C)NCC2(C)CCCC2)C1. The average Bonchev–Trinajstić information content (AvgIpc) is 2.84. The molecule has 0 radical (unpaired) electrons. The Labute approximate surface area is 120 Å². The van der Waals surface area contributed by atoms with E-state index in [1.165, 1.54) is 71.1 Å². The molecule has 112 valence electrons. The van der Waals surface area contributed by atoms with E-state index in [4.69, 9.17) is 0 Å². The molecular weight excluding hydrogens is 232 g/mol. The molecule has 0 spiro atoms. The predicted octanol–water partition coefficient (Wildman–Crippen LogP) is 3.67. The number of hydrogen-bond acceptors (Lipinski definition) is 2. The lowest BCUT2D eigenvalue weighted by Gasteiger charge is -2.37. The Bertz CT molecular complexity index is 256. The molecule has 0 aromatic rings. The quantitative estimate of drug-likeness (QED) is 0.789. The minimum absolute atomic E-state index is 0.589. The van der Waals surface area contributed by atoms with Crippen LogP contribution in [0.5, 0.6) is 0 Å². The van der Waals surface area contributed by atoms with Gasteiger partial charge >= 0.3 is 0 Å². The van der Waals surface area contributed by atoms with Crippen LogP contribution in [0, 0.1) is 11.3 Å². The van der Waals surface area contributed by atoms with Crippen LogP contribution in [-0.4, -0.2) is 37.1 Å². The van der Waals surface area contributed by atoms with E-state index in [0.717, 1.165) is 5.92 Å². The molecule has 0 aromatic carbocycles. The average molecular weight is 266 g/mol. The number of hydrogen-bond donors (Lipinski definition) is 1. The summed E-state index contributed by atoms with van der Waals surface area (Å²) in [6.45, 7) is 12.4. The van der Waals surface area contributed by atoms with Crippen molar-refractivity contribution < 1.29 is 0 Å². The summed E-state index contributed by atoms with van der Waals surface area (Å²) < 4.78 is 0. The van der Waals surface area contributed by atoms with Crippen LogP contribution in [0.3, 0.4) is 0 Å². The van der Waals surface area contributed by atoms with Crippen LogP contribution >= 0.6 is 0 Å². The fourth-order valence-corrected chi connectivity index (χ4v) is 4.00. The highest BCUT2D eigenvalue weighted by atomic mass is 15.1. The second kappa shape index (κ2) is 7.08. The van der Waals surface area contributed by atoms with Crippen LogP contribution in [-0.2, 0) is 0 Å². The summed E-state index contributed by atoms with van der Waals surface area (Å²) in [5, 5.41) is 3.87. The van der Waals surface area contributed by atoms with Crippen molar-refractivity contribution in [2.75, 3.05) is 26.2 Å². The molecule has 2 fully saturated rings. The Morgan fingerprint density at radius 2 is 2.00 bits per heavy atom. The number of nitrogens with zero attached hydrogens (tertiary/aromatic N) is 1. The maximum atomic E-state index is 3.87. The summed E-state index contributed by atoms with van der Waals surface area (Å²) in [5.41, 5.74) is 0.589. The van der Waals surface area contributed by atoms with Crippen molar-refractivity contribution >= 4 is 0 Å². The van der Waals surface area contributed by atoms with Gasteiger partial charge in [0.2, 0.25) is 0 Å². The zero-order valence-electron chi connectivity index (χ0n) is 13.4. The van der Waals surface area contributed by atoms with Crippen LogP contribution in [0.1, 0.15) is 65.7 Å². The van der Waals surface area contributed by atoms with E-state index in [-0.39, 0.29) is 0 Å². The van der Waals surface area contributed by atoms with E-state index in [1.54, 1.807) is 0 Å². The molecule has 19 heavy (non-hydrogen) atoms. The van der Waals surface area contributed by atoms with Gasteiger partial charge in [-0.3, -0.25) is 0 Å². The molecule has 2 nitrogen and oxygen atoms in total. The molecule has 1 aliphatic heterocycles. The minimum Gasteiger partial charge on any atom is -0.313 e. The summed E-state index contributed by atoms with van der Waals surface area (Å²) in [4.78, 5) is 2.67. The van der Waals surface area contributed by atoms with Crippen molar-refractivity contribution in [3.8, 4) is 0 Å². The van der Waals surface area contributed by atoms with Gasteiger partial charge in [-0.25, -0.2) is 0 Å². The van der Waals surface area contributed by atoms with Gasteiger partial charge in [0, 0.05) is 19.1 Å². The van der Waals surface area contributed by atoms with Gasteiger partial charge in [0.05, 0.1) is 0 Å². The third kappa shape index (κ3) is 4.46. The number of rotatable bonds is 6. The highest BCUT2D eigenvalue weighted by molar-refractivity contribution is 4.86. The maximum absolute atomic E-state index is 3.87. The number of nitrogens with one attached hydrogen (secondary N) is 1. The lowest BCUT2D eigenvalue weighted by Crippen LogP contribution is -2.46. The largest absolute Gasteiger partial charge is 0.313 e. The molecule has 1 saturated heterocycles. The van der Waals surface area contributed by atoms with E-state index in [9.17, 15) is 0 Å². The molecule has 0 bridgehead atoms. The monoisotopic (exact) mass is 266 g/mol. The third-order valence-electron chi connectivity index (χ3n) is 5.45. The highest BCUT2D eigenvalue weighted by Crippen LogP contribution is 2.37. The molecule has 2 unspecified atom stereocenters.